The number of carbonyl (C=O) groups is 1. The predicted molar refractivity (Wildman–Crippen MR) is 62.7 cm³/mol. The Morgan fingerprint density at radius 3 is 2.75 bits per heavy atom. The summed E-state index contributed by atoms with van der Waals surface area (Å²) in [6.45, 7) is 3.93. The van der Waals surface area contributed by atoms with Gasteiger partial charge in [-0.15, -0.1) is 0 Å². The number of hydrogen-bond donors (Lipinski definition) is 1. The Balaban J connectivity index is 2.68. The van der Waals surface area contributed by atoms with E-state index in [-0.39, 0.29) is 5.97 Å². The summed E-state index contributed by atoms with van der Waals surface area (Å²) in [6.07, 6.45) is 0. The third-order valence-electron chi connectivity index (χ3n) is 2.12. The van der Waals surface area contributed by atoms with Crippen molar-refractivity contribution < 1.29 is 14.3 Å². The van der Waals surface area contributed by atoms with Gasteiger partial charge in [0.15, 0.2) is 0 Å². The molecule has 0 aliphatic rings. The van der Waals surface area contributed by atoms with Crippen LogP contribution in [0.25, 0.3) is 0 Å². The lowest BCUT2D eigenvalue weighted by atomic mass is 10.2. The fraction of sp³-hybridized carbons (Fsp3) is 0.417. The summed E-state index contributed by atoms with van der Waals surface area (Å²) >= 11 is 0. The maximum atomic E-state index is 11.4. The first-order valence-corrected chi connectivity index (χ1v) is 5.25. The molecule has 0 heterocycles. The summed E-state index contributed by atoms with van der Waals surface area (Å²) in [5.74, 6) is 0.437. The molecule has 1 aromatic carbocycles. The van der Waals surface area contributed by atoms with Crippen molar-refractivity contribution in [3.8, 4) is 5.75 Å². The number of methoxy groups -OCH3 is 1. The average molecular weight is 223 g/mol. The molecule has 0 radical (unpaired) electrons. The maximum Gasteiger partial charge on any atom is 0.328 e. The summed E-state index contributed by atoms with van der Waals surface area (Å²) < 4.78 is 10.1. The van der Waals surface area contributed by atoms with Gasteiger partial charge in [0, 0.05) is 0 Å². The minimum atomic E-state index is -0.392. The summed E-state index contributed by atoms with van der Waals surface area (Å²) in [5, 5.41) is 3.05. The second-order valence-corrected chi connectivity index (χ2v) is 3.32. The van der Waals surface area contributed by atoms with E-state index in [9.17, 15) is 4.79 Å². The van der Waals surface area contributed by atoms with Gasteiger partial charge in [0.2, 0.25) is 0 Å². The van der Waals surface area contributed by atoms with Crippen LogP contribution in [0.3, 0.4) is 0 Å². The highest BCUT2D eigenvalue weighted by atomic mass is 16.5. The number of hydrogen-bond acceptors (Lipinski definition) is 4. The molecule has 0 fully saturated rings. The number of nitrogens with one attached hydrogen (secondary N) is 1. The molecular formula is C12H17NO3. The van der Waals surface area contributed by atoms with Gasteiger partial charge in [-0.05, 0) is 26.0 Å². The molecule has 1 rings (SSSR count). The molecule has 1 atom stereocenters. The molecule has 0 saturated heterocycles. The van der Waals surface area contributed by atoms with E-state index in [2.05, 4.69) is 5.32 Å². The highest BCUT2D eigenvalue weighted by Gasteiger charge is 2.14. The van der Waals surface area contributed by atoms with Gasteiger partial charge >= 0.3 is 5.97 Å². The average Bonchev–Trinajstić information content (AvgIpc) is 2.30. The molecule has 0 spiro atoms. The van der Waals surface area contributed by atoms with E-state index in [0.29, 0.717) is 12.4 Å². The third-order valence-corrected chi connectivity index (χ3v) is 2.12. The van der Waals surface area contributed by atoms with Crippen LogP contribution in [0.4, 0.5) is 5.69 Å². The largest absolute Gasteiger partial charge is 0.495 e. The summed E-state index contributed by atoms with van der Waals surface area (Å²) in [4.78, 5) is 11.4. The van der Waals surface area contributed by atoms with Gasteiger partial charge < -0.3 is 14.8 Å². The monoisotopic (exact) mass is 223 g/mol. The minimum Gasteiger partial charge on any atom is -0.495 e. The number of anilines is 1. The number of benzene rings is 1. The summed E-state index contributed by atoms with van der Waals surface area (Å²) in [7, 11) is 1.59. The Morgan fingerprint density at radius 1 is 1.44 bits per heavy atom. The lowest BCUT2D eigenvalue weighted by Gasteiger charge is -2.15. The maximum absolute atomic E-state index is 11.4. The first-order chi connectivity index (χ1) is 7.69. The first kappa shape index (κ1) is 12.4. The fourth-order valence-corrected chi connectivity index (χ4v) is 1.32. The molecule has 0 aliphatic heterocycles. The van der Waals surface area contributed by atoms with Crippen molar-refractivity contribution in [3.05, 3.63) is 24.3 Å². The van der Waals surface area contributed by atoms with Crippen molar-refractivity contribution in [1.29, 1.82) is 0 Å². The topological polar surface area (TPSA) is 47.6 Å². The Hall–Kier alpha value is -1.71. The second kappa shape index (κ2) is 6.00. The molecule has 4 nitrogen and oxygen atoms in total. The second-order valence-electron chi connectivity index (χ2n) is 3.32. The smallest absolute Gasteiger partial charge is 0.328 e. The highest BCUT2D eigenvalue weighted by Crippen LogP contribution is 2.23. The molecule has 1 N–H and O–H groups in total. The van der Waals surface area contributed by atoms with Gasteiger partial charge in [-0.2, -0.15) is 0 Å². The number of ether oxygens (including phenoxy) is 2. The molecule has 0 unspecified atom stereocenters. The van der Waals surface area contributed by atoms with E-state index in [1.165, 1.54) is 0 Å². The summed E-state index contributed by atoms with van der Waals surface area (Å²) in [6, 6.07) is 7.05. The molecule has 16 heavy (non-hydrogen) atoms. The van der Waals surface area contributed by atoms with Crippen LogP contribution in [-0.4, -0.2) is 25.7 Å². The van der Waals surface area contributed by atoms with Gasteiger partial charge in [0.25, 0.3) is 0 Å². The molecule has 88 valence electrons. The number of esters is 1. The van der Waals surface area contributed by atoms with Crippen molar-refractivity contribution in [2.45, 2.75) is 19.9 Å². The van der Waals surface area contributed by atoms with Crippen LogP contribution in [0.15, 0.2) is 24.3 Å². The predicted octanol–water partition coefficient (Wildman–Crippen LogP) is 2.06. The molecule has 0 aromatic heterocycles. The van der Waals surface area contributed by atoms with Gasteiger partial charge in [-0.3, -0.25) is 0 Å². The quantitative estimate of drug-likeness (QED) is 0.776. The Bertz CT molecular complexity index is 352. The first-order valence-electron chi connectivity index (χ1n) is 5.25. The van der Waals surface area contributed by atoms with Crippen LogP contribution in [0.1, 0.15) is 13.8 Å². The van der Waals surface area contributed by atoms with E-state index < -0.39 is 6.04 Å². The molecule has 0 bridgehead atoms. The highest BCUT2D eigenvalue weighted by molar-refractivity contribution is 5.79. The standard InChI is InChI=1S/C12H17NO3/c1-4-16-12(14)9(2)13-10-7-5-6-8-11(10)15-3/h5-9,13H,4H2,1-3H3/t9-/m1/s1. The number of carbonyl (C=O) groups excluding carboxylic acids is 1. The molecule has 4 heteroatoms. The van der Waals surface area contributed by atoms with Crippen molar-refractivity contribution in [2.24, 2.45) is 0 Å². The van der Waals surface area contributed by atoms with Gasteiger partial charge in [-0.25, -0.2) is 4.79 Å². The summed E-state index contributed by atoms with van der Waals surface area (Å²) in [5.41, 5.74) is 0.783. The van der Waals surface area contributed by atoms with Crippen molar-refractivity contribution in [3.63, 3.8) is 0 Å². The van der Waals surface area contributed by atoms with Crippen molar-refractivity contribution in [2.75, 3.05) is 19.0 Å². The SMILES string of the molecule is CCOC(=O)[C@@H](C)Nc1ccccc1OC. The van der Waals surface area contributed by atoms with E-state index in [4.69, 9.17) is 9.47 Å². The van der Waals surface area contributed by atoms with Crippen LogP contribution in [-0.2, 0) is 9.53 Å². The van der Waals surface area contributed by atoms with E-state index in [1.54, 1.807) is 21.0 Å². The van der Waals surface area contributed by atoms with Crippen LogP contribution >= 0.6 is 0 Å². The third kappa shape index (κ3) is 3.15. The van der Waals surface area contributed by atoms with E-state index in [1.807, 2.05) is 24.3 Å². The van der Waals surface area contributed by atoms with Crippen molar-refractivity contribution >= 4 is 11.7 Å². The minimum absolute atomic E-state index is 0.270. The van der Waals surface area contributed by atoms with Gasteiger partial charge in [-0.1, -0.05) is 12.1 Å². The fourth-order valence-electron chi connectivity index (χ4n) is 1.32. The lowest BCUT2D eigenvalue weighted by Crippen LogP contribution is -2.28. The van der Waals surface area contributed by atoms with Gasteiger partial charge in [0.1, 0.15) is 11.8 Å². The molecule has 0 aliphatic carbocycles. The van der Waals surface area contributed by atoms with Crippen LogP contribution < -0.4 is 10.1 Å². The van der Waals surface area contributed by atoms with E-state index >= 15 is 0 Å². The Labute approximate surface area is 95.6 Å². The zero-order valence-electron chi connectivity index (χ0n) is 9.82. The number of rotatable bonds is 5. The van der Waals surface area contributed by atoms with E-state index in [0.717, 1.165) is 5.69 Å². The Kier molecular flexibility index (Phi) is 4.64. The van der Waals surface area contributed by atoms with Crippen LogP contribution in [0.2, 0.25) is 0 Å². The van der Waals surface area contributed by atoms with Gasteiger partial charge in [0.05, 0.1) is 19.4 Å². The normalized spacial score (nSPS) is 11.7. The lowest BCUT2D eigenvalue weighted by molar-refractivity contribution is -0.143. The molecular weight excluding hydrogens is 206 g/mol. The Morgan fingerprint density at radius 2 is 2.12 bits per heavy atom. The molecule has 0 amide bonds. The van der Waals surface area contributed by atoms with Crippen molar-refractivity contribution in [1.82, 2.24) is 0 Å². The molecule has 1 aromatic rings. The van der Waals surface area contributed by atoms with Crippen LogP contribution in [0.5, 0.6) is 5.75 Å². The number of para-hydroxylation sites is 2. The molecule has 0 saturated carbocycles. The van der Waals surface area contributed by atoms with Crippen LogP contribution in [0, 0.1) is 0 Å². The zero-order valence-corrected chi connectivity index (χ0v) is 9.82. The zero-order chi connectivity index (χ0) is 12.0.